The number of fused-ring (bicyclic) bond motifs is 1. The van der Waals surface area contributed by atoms with Crippen molar-refractivity contribution in [2.24, 2.45) is 0 Å². The number of aliphatic hydroxyl groups excluding tert-OH is 1. The van der Waals surface area contributed by atoms with E-state index in [1.54, 1.807) is 27.6 Å². The van der Waals surface area contributed by atoms with Gasteiger partial charge in [0.05, 0.1) is 11.6 Å². The van der Waals surface area contributed by atoms with Crippen LogP contribution in [0.2, 0.25) is 0 Å². The molecular formula is C18H17N5O3. The van der Waals surface area contributed by atoms with Gasteiger partial charge in [-0.25, -0.2) is 0 Å². The van der Waals surface area contributed by atoms with Crippen molar-refractivity contribution in [1.29, 1.82) is 0 Å². The lowest BCUT2D eigenvalue weighted by Crippen LogP contribution is -2.52. The van der Waals surface area contributed by atoms with Gasteiger partial charge in [0.25, 0.3) is 5.91 Å². The minimum absolute atomic E-state index is 0.0273. The van der Waals surface area contributed by atoms with Crippen LogP contribution in [0.1, 0.15) is 27.8 Å². The Bertz CT molecular complexity index is 969. The Labute approximate surface area is 149 Å². The summed E-state index contributed by atoms with van der Waals surface area (Å²) in [7, 11) is 0. The molecule has 3 heterocycles. The van der Waals surface area contributed by atoms with Crippen LogP contribution in [0.15, 0.2) is 48.7 Å². The second-order valence-electron chi connectivity index (χ2n) is 6.05. The number of pyridine rings is 1. The molecule has 8 heteroatoms. The van der Waals surface area contributed by atoms with Crippen LogP contribution in [0.5, 0.6) is 0 Å². The van der Waals surface area contributed by atoms with Gasteiger partial charge >= 0.3 is 0 Å². The van der Waals surface area contributed by atoms with E-state index in [1.165, 1.54) is 0 Å². The minimum Gasteiger partial charge on any atom is -0.388 e. The van der Waals surface area contributed by atoms with Crippen LogP contribution in [0.4, 0.5) is 0 Å². The van der Waals surface area contributed by atoms with Crippen molar-refractivity contribution in [3.05, 3.63) is 65.6 Å². The van der Waals surface area contributed by atoms with E-state index >= 15 is 0 Å². The van der Waals surface area contributed by atoms with Crippen LogP contribution < -0.4 is 5.32 Å². The molecule has 1 saturated heterocycles. The van der Waals surface area contributed by atoms with Gasteiger partial charge < -0.3 is 15.3 Å². The van der Waals surface area contributed by atoms with E-state index in [4.69, 9.17) is 0 Å². The molecule has 0 spiro atoms. The Hall–Kier alpha value is -3.26. The predicted octanol–water partition coefficient (Wildman–Crippen LogP) is 0.535. The smallest absolute Gasteiger partial charge is 0.258 e. The highest BCUT2D eigenvalue weighted by Gasteiger charge is 2.33. The first kappa shape index (κ1) is 16.2. The first-order chi connectivity index (χ1) is 12.7. The van der Waals surface area contributed by atoms with Crippen molar-refractivity contribution in [2.75, 3.05) is 13.1 Å². The third-order valence-electron chi connectivity index (χ3n) is 4.51. The molecule has 1 aliphatic rings. The number of nitrogens with one attached hydrogen (secondary N) is 1. The van der Waals surface area contributed by atoms with E-state index in [1.807, 2.05) is 30.3 Å². The van der Waals surface area contributed by atoms with Crippen molar-refractivity contribution in [3.63, 3.8) is 0 Å². The zero-order chi connectivity index (χ0) is 18.1. The largest absolute Gasteiger partial charge is 0.388 e. The highest BCUT2D eigenvalue weighted by Crippen LogP contribution is 2.25. The zero-order valence-electron chi connectivity index (χ0n) is 13.9. The molecule has 0 saturated carbocycles. The predicted molar refractivity (Wildman–Crippen MR) is 92.1 cm³/mol. The van der Waals surface area contributed by atoms with Crippen LogP contribution in [-0.2, 0) is 11.4 Å². The molecular weight excluding hydrogens is 334 g/mol. The van der Waals surface area contributed by atoms with E-state index in [-0.39, 0.29) is 31.0 Å². The van der Waals surface area contributed by atoms with Crippen LogP contribution in [0.3, 0.4) is 0 Å². The molecule has 2 N–H and O–H groups in total. The SMILES string of the molecule is O=C1CN(C(=O)c2cccn3c(CO)nnc23)C(c2ccccc2)CN1. The molecule has 1 aromatic carbocycles. The number of carbonyl (C=O) groups is 2. The fraction of sp³-hybridized carbons (Fsp3) is 0.222. The van der Waals surface area contributed by atoms with E-state index in [9.17, 15) is 14.7 Å². The van der Waals surface area contributed by atoms with Gasteiger partial charge in [-0.3, -0.25) is 14.0 Å². The number of piperazine rings is 1. The van der Waals surface area contributed by atoms with Crippen LogP contribution in [0.25, 0.3) is 5.65 Å². The number of nitrogens with zero attached hydrogens (tertiary/aromatic N) is 4. The highest BCUT2D eigenvalue weighted by atomic mass is 16.3. The molecule has 4 rings (SSSR count). The highest BCUT2D eigenvalue weighted by molar-refractivity contribution is 6.02. The molecule has 1 unspecified atom stereocenters. The standard InChI is InChI=1S/C18H17N5O3/c24-11-15-20-21-17-13(7-4-8-22(15)17)18(26)23-10-16(25)19-9-14(23)12-5-2-1-3-6-12/h1-8,14,24H,9-11H2,(H,19,25). The number of aromatic nitrogens is 3. The second-order valence-corrected chi connectivity index (χ2v) is 6.05. The third-order valence-corrected chi connectivity index (χ3v) is 4.51. The quantitative estimate of drug-likeness (QED) is 0.717. The maximum absolute atomic E-state index is 13.2. The Morgan fingerprint density at radius 2 is 2.00 bits per heavy atom. The van der Waals surface area contributed by atoms with E-state index in [2.05, 4.69) is 15.5 Å². The minimum atomic E-state index is -0.295. The van der Waals surface area contributed by atoms with Crippen molar-refractivity contribution in [3.8, 4) is 0 Å². The summed E-state index contributed by atoms with van der Waals surface area (Å²) in [5.41, 5.74) is 1.65. The summed E-state index contributed by atoms with van der Waals surface area (Å²) in [6.07, 6.45) is 1.69. The third kappa shape index (κ3) is 2.70. The first-order valence-corrected chi connectivity index (χ1v) is 8.25. The van der Waals surface area contributed by atoms with Crippen LogP contribution in [0, 0.1) is 0 Å². The van der Waals surface area contributed by atoms with E-state index in [0.29, 0.717) is 23.6 Å². The summed E-state index contributed by atoms with van der Waals surface area (Å²) in [5.74, 6) is -0.142. The number of amides is 2. The van der Waals surface area contributed by atoms with Gasteiger partial charge in [-0.1, -0.05) is 30.3 Å². The average Bonchev–Trinajstić information content (AvgIpc) is 3.11. The Balaban J connectivity index is 1.75. The maximum Gasteiger partial charge on any atom is 0.258 e. The molecule has 0 radical (unpaired) electrons. The fourth-order valence-electron chi connectivity index (χ4n) is 3.22. The molecule has 1 atom stereocenters. The molecule has 2 amide bonds. The summed E-state index contributed by atoms with van der Waals surface area (Å²) in [6.45, 7) is 0.0459. The topological polar surface area (TPSA) is 99.8 Å². The Morgan fingerprint density at radius 3 is 2.77 bits per heavy atom. The lowest BCUT2D eigenvalue weighted by molar-refractivity contribution is -0.124. The summed E-state index contributed by atoms with van der Waals surface area (Å²) in [6, 6.07) is 12.7. The number of aliphatic hydroxyl groups is 1. The fourth-order valence-corrected chi connectivity index (χ4v) is 3.22. The second kappa shape index (κ2) is 6.57. The molecule has 0 bridgehead atoms. The van der Waals surface area contributed by atoms with Crippen molar-refractivity contribution in [2.45, 2.75) is 12.6 Å². The monoisotopic (exact) mass is 351 g/mol. The van der Waals surface area contributed by atoms with Crippen molar-refractivity contribution >= 4 is 17.5 Å². The molecule has 132 valence electrons. The van der Waals surface area contributed by atoms with Gasteiger partial charge in [0.15, 0.2) is 11.5 Å². The summed E-state index contributed by atoms with van der Waals surface area (Å²) >= 11 is 0. The summed E-state index contributed by atoms with van der Waals surface area (Å²) in [5, 5.41) is 20.1. The van der Waals surface area contributed by atoms with Gasteiger partial charge in [-0.15, -0.1) is 10.2 Å². The van der Waals surface area contributed by atoms with Gasteiger partial charge in [0, 0.05) is 12.7 Å². The lowest BCUT2D eigenvalue weighted by Gasteiger charge is -2.35. The molecule has 0 aliphatic carbocycles. The summed E-state index contributed by atoms with van der Waals surface area (Å²) < 4.78 is 1.58. The number of benzene rings is 1. The summed E-state index contributed by atoms with van der Waals surface area (Å²) in [4.78, 5) is 26.7. The molecule has 1 aliphatic heterocycles. The zero-order valence-corrected chi connectivity index (χ0v) is 13.9. The van der Waals surface area contributed by atoms with Crippen molar-refractivity contribution in [1.82, 2.24) is 24.8 Å². The molecule has 3 aromatic rings. The number of hydrogen-bond acceptors (Lipinski definition) is 5. The average molecular weight is 351 g/mol. The van der Waals surface area contributed by atoms with Crippen molar-refractivity contribution < 1.29 is 14.7 Å². The number of rotatable bonds is 3. The lowest BCUT2D eigenvalue weighted by atomic mass is 10.0. The van der Waals surface area contributed by atoms with Gasteiger partial charge in [-0.2, -0.15) is 0 Å². The Kier molecular flexibility index (Phi) is 4.10. The molecule has 8 nitrogen and oxygen atoms in total. The molecule has 1 fully saturated rings. The van der Waals surface area contributed by atoms with E-state index < -0.39 is 0 Å². The first-order valence-electron chi connectivity index (χ1n) is 8.25. The van der Waals surface area contributed by atoms with Gasteiger partial charge in [-0.05, 0) is 17.7 Å². The number of carbonyl (C=O) groups excluding carboxylic acids is 2. The van der Waals surface area contributed by atoms with E-state index in [0.717, 1.165) is 5.56 Å². The number of hydrogen-bond donors (Lipinski definition) is 2. The van der Waals surface area contributed by atoms with Crippen LogP contribution in [-0.4, -0.2) is 49.5 Å². The van der Waals surface area contributed by atoms with Gasteiger partial charge in [0.1, 0.15) is 13.2 Å². The molecule has 26 heavy (non-hydrogen) atoms. The van der Waals surface area contributed by atoms with Crippen LogP contribution >= 0.6 is 0 Å². The van der Waals surface area contributed by atoms with Gasteiger partial charge in [0.2, 0.25) is 5.91 Å². The molecule has 2 aromatic heterocycles. The maximum atomic E-state index is 13.2. The Morgan fingerprint density at radius 1 is 1.19 bits per heavy atom. The normalized spacial score (nSPS) is 17.3.